The third kappa shape index (κ3) is 3.12. The summed E-state index contributed by atoms with van der Waals surface area (Å²) in [6.07, 6.45) is 2.40. The van der Waals surface area contributed by atoms with E-state index in [2.05, 4.69) is 12.1 Å². The van der Waals surface area contributed by atoms with E-state index in [1.54, 1.807) is 10.9 Å². The average Bonchev–Trinajstić information content (AvgIpc) is 2.99. The Morgan fingerprint density at radius 2 is 2.00 bits per heavy atom. The van der Waals surface area contributed by atoms with Gasteiger partial charge >= 0.3 is 0 Å². The highest BCUT2D eigenvalue weighted by Gasteiger charge is 2.26. The van der Waals surface area contributed by atoms with E-state index in [1.807, 2.05) is 36.1 Å². The fourth-order valence-corrected chi connectivity index (χ4v) is 3.20. The smallest absolute Gasteiger partial charge is 0.257 e. The quantitative estimate of drug-likeness (QED) is 0.912. The summed E-state index contributed by atoms with van der Waals surface area (Å²) < 4.78 is 1.79. The zero-order chi connectivity index (χ0) is 16.4. The molecule has 1 aliphatic rings. The summed E-state index contributed by atoms with van der Waals surface area (Å²) in [6.45, 7) is 5.61. The van der Waals surface area contributed by atoms with Gasteiger partial charge in [0.2, 0.25) is 0 Å². The van der Waals surface area contributed by atoms with Crippen molar-refractivity contribution in [3.63, 3.8) is 0 Å². The number of para-hydroxylation sites is 1. The van der Waals surface area contributed by atoms with Crippen molar-refractivity contribution in [2.75, 3.05) is 33.2 Å². The number of likely N-dealkylation sites (N-methyl/N-ethyl adjacent to an activating group) is 1. The number of halogens is 1. The van der Waals surface area contributed by atoms with Crippen LogP contribution >= 0.6 is 11.6 Å². The molecule has 0 saturated carbocycles. The third-order valence-electron chi connectivity index (χ3n) is 4.42. The van der Waals surface area contributed by atoms with Gasteiger partial charge in [-0.1, -0.05) is 30.7 Å². The molecule has 0 spiro atoms. The Labute approximate surface area is 141 Å². The van der Waals surface area contributed by atoms with Gasteiger partial charge < -0.3 is 9.80 Å². The number of aromatic nitrogens is 2. The van der Waals surface area contributed by atoms with E-state index in [-0.39, 0.29) is 5.91 Å². The fourth-order valence-electron chi connectivity index (χ4n) is 2.99. The Bertz CT molecular complexity index is 704. The highest BCUT2D eigenvalue weighted by atomic mass is 35.5. The van der Waals surface area contributed by atoms with E-state index in [0.717, 1.165) is 44.0 Å². The number of nitrogens with one attached hydrogen (secondary N) is 1. The second-order valence-corrected chi connectivity index (χ2v) is 6.38. The molecule has 2 heterocycles. The van der Waals surface area contributed by atoms with Crippen LogP contribution in [-0.2, 0) is 6.42 Å². The molecular weight excluding hydrogens is 312 g/mol. The van der Waals surface area contributed by atoms with Crippen molar-refractivity contribution in [1.82, 2.24) is 14.7 Å². The molecule has 2 aromatic rings. The predicted octanol–water partition coefficient (Wildman–Crippen LogP) is 1.06. The molecule has 0 unspecified atom stereocenters. The largest absolute Gasteiger partial charge is 0.334 e. The van der Waals surface area contributed by atoms with Crippen LogP contribution in [-0.4, -0.2) is 53.8 Å². The first-order valence-electron chi connectivity index (χ1n) is 8.04. The van der Waals surface area contributed by atoms with Crippen molar-refractivity contribution in [3.8, 4) is 5.69 Å². The Kier molecular flexibility index (Phi) is 4.68. The number of carbonyl (C=O) groups is 1. The van der Waals surface area contributed by atoms with Crippen molar-refractivity contribution < 1.29 is 9.69 Å². The molecule has 1 fully saturated rings. The van der Waals surface area contributed by atoms with E-state index >= 15 is 0 Å². The molecule has 0 radical (unpaired) electrons. The van der Waals surface area contributed by atoms with Gasteiger partial charge in [-0.25, -0.2) is 4.68 Å². The van der Waals surface area contributed by atoms with Crippen LogP contribution in [0.2, 0.25) is 5.02 Å². The van der Waals surface area contributed by atoms with Crippen LogP contribution in [0, 0.1) is 0 Å². The number of nitrogens with zero attached hydrogens (tertiary/aromatic N) is 3. The fraction of sp³-hybridized carbons (Fsp3) is 0.412. The van der Waals surface area contributed by atoms with Gasteiger partial charge in [-0.15, -0.1) is 0 Å². The molecule has 122 valence electrons. The lowest BCUT2D eigenvalue weighted by Gasteiger charge is -2.30. The van der Waals surface area contributed by atoms with E-state index in [9.17, 15) is 4.79 Å². The first kappa shape index (κ1) is 16.0. The van der Waals surface area contributed by atoms with Crippen molar-refractivity contribution >= 4 is 17.5 Å². The van der Waals surface area contributed by atoms with Gasteiger partial charge in [0, 0.05) is 0 Å². The maximum atomic E-state index is 12.8. The molecule has 23 heavy (non-hydrogen) atoms. The standard InChI is InChI=1S/C17H21ClN4O/c1-3-15-13(17(23)21-10-8-20(2)9-11-21)12-19-22(15)16-7-5-4-6-14(16)18/h4-7,12H,3,8-11H2,1-2H3/p+1. The molecule has 0 atom stereocenters. The minimum absolute atomic E-state index is 0.0765. The summed E-state index contributed by atoms with van der Waals surface area (Å²) in [4.78, 5) is 16.2. The lowest BCUT2D eigenvalue weighted by Crippen LogP contribution is -3.12. The predicted molar refractivity (Wildman–Crippen MR) is 90.5 cm³/mol. The first-order chi connectivity index (χ1) is 11.1. The minimum Gasteiger partial charge on any atom is -0.334 e. The van der Waals surface area contributed by atoms with E-state index in [0.29, 0.717) is 10.6 Å². The SMILES string of the molecule is CCc1c(C(=O)N2CC[NH+](C)CC2)cnn1-c1ccccc1Cl. The van der Waals surface area contributed by atoms with Crippen LogP contribution in [0.1, 0.15) is 23.0 Å². The van der Waals surface area contributed by atoms with Gasteiger partial charge in [-0.3, -0.25) is 4.79 Å². The normalized spacial score (nSPS) is 15.9. The van der Waals surface area contributed by atoms with Crippen LogP contribution in [0.5, 0.6) is 0 Å². The highest BCUT2D eigenvalue weighted by molar-refractivity contribution is 6.32. The molecule has 0 aliphatic carbocycles. The molecule has 3 rings (SSSR count). The van der Waals surface area contributed by atoms with E-state index in [1.165, 1.54) is 4.90 Å². The Hall–Kier alpha value is -1.85. The second-order valence-electron chi connectivity index (χ2n) is 5.97. The van der Waals surface area contributed by atoms with E-state index < -0.39 is 0 Å². The van der Waals surface area contributed by atoms with Crippen LogP contribution in [0.25, 0.3) is 5.69 Å². The van der Waals surface area contributed by atoms with Gasteiger partial charge in [-0.05, 0) is 18.6 Å². The summed E-state index contributed by atoms with van der Waals surface area (Å²) in [5.74, 6) is 0.0765. The number of benzene rings is 1. The van der Waals surface area contributed by atoms with Crippen LogP contribution in [0.15, 0.2) is 30.5 Å². The van der Waals surface area contributed by atoms with Crippen LogP contribution in [0.4, 0.5) is 0 Å². The van der Waals surface area contributed by atoms with Crippen molar-refractivity contribution in [3.05, 3.63) is 46.7 Å². The minimum atomic E-state index is 0.0765. The second kappa shape index (κ2) is 6.72. The number of piperazine rings is 1. The number of quaternary nitrogens is 1. The molecule has 1 aliphatic heterocycles. The van der Waals surface area contributed by atoms with Gasteiger partial charge in [0.1, 0.15) is 0 Å². The maximum absolute atomic E-state index is 12.8. The first-order valence-corrected chi connectivity index (χ1v) is 8.42. The Morgan fingerprint density at radius 1 is 1.30 bits per heavy atom. The zero-order valence-electron chi connectivity index (χ0n) is 13.6. The molecule has 0 bridgehead atoms. The number of carbonyl (C=O) groups excluding carboxylic acids is 1. The number of hydrogen-bond donors (Lipinski definition) is 1. The molecular formula is C17H22ClN4O+. The van der Waals surface area contributed by atoms with Gasteiger partial charge in [0.25, 0.3) is 5.91 Å². The molecule has 1 amide bonds. The topological polar surface area (TPSA) is 42.6 Å². The number of rotatable bonds is 3. The molecule has 1 aromatic heterocycles. The Balaban J connectivity index is 1.92. The van der Waals surface area contributed by atoms with Crippen molar-refractivity contribution in [1.29, 1.82) is 0 Å². The molecule has 1 saturated heterocycles. The lowest BCUT2D eigenvalue weighted by atomic mass is 10.1. The average molecular weight is 334 g/mol. The van der Waals surface area contributed by atoms with Crippen LogP contribution in [0.3, 0.4) is 0 Å². The number of hydrogen-bond acceptors (Lipinski definition) is 2. The molecule has 6 heteroatoms. The zero-order valence-corrected chi connectivity index (χ0v) is 14.3. The van der Waals surface area contributed by atoms with Gasteiger partial charge in [0.15, 0.2) is 0 Å². The summed E-state index contributed by atoms with van der Waals surface area (Å²) in [6, 6.07) is 7.57. The summed E-state index contributed by atoms with van der Waals surface area (Å²) in [5, 5.41) is 5.06. The number of amides is 1. The van der Waals surface area contributed by atoms with Gasteiger partial charge in [-0.2, -0.15) is 5.10 Å². The molecule has 1 N–H and O–H groups in total. The Morgan fingerprint density at radius 3 is 2.65 bits per heavy atom. The maximum Gasteiger partial charge on any atom is 0.257 e. The lowest BCUT2D eigenvalue weighted by molar-refractivity contribution is -0.883. The van der Waals surface area contributed by atoms with Crippen molar-refractivity contribution in [2.45, 2.75) is 13.3 Å². The third-order valence-corrected chi connectivity index (χ3v) is 4.74. The summed E-state index contributed by atoms with van der Waals surface area (Å²) in [7, 11) is 2.16. The van der Waals surface area contributed by atoms with E-state index in [4.69, 9.17) is 11.6 Å². The monoisotopic (exact) mass is 333 g/mol. The molecule has 1 aromatic carbocycles. The molecule has 5 nitrogen and oxygen atoms in total. The van der Waals surface area contributed by atoms with Crippen molar-refractivity contribution in [2.24, 2.45) is 0 Å². The van der Waals surface area contributed by atoms with Crippen LogP contribution < -0.4 is 4.90 Å². The highest BCUT2D eigenvalue weighted by Crippen LogP contribution is 2.23. The van der Waals surface area contributed by atoms with Gasteiger partial charge in [0.05, 0.1) is 61.4 Å². The summed E-state index contributed by atoms with van der Waals surface area (Å²) in [5.41, 5.74) is 2.41. The summed E-state index contributed by atoms with van der Waals surface area (Å²) >= 11 is 6.28.